The lowest BCUT2D eigenvalue weighted by molar-refractivity contribution is -0.169. The number of aliphatic hydroxyl groups is 2. The number of hydrogen-bond donors (Lipinski definition) is 2. The Morgan fingerprint density at radius 3 is 2.71 bits per heavy atom. The molecule has 80 valence electrons. The van der Waals surface area contributed by atoms with Gasteiger partial charge in [-0.1, -0.05) is 11.6 Å². The summed E-state index contributed by atoms with van der Waals surface area (Å²) in [7, 11) is 0. The molecule has 2 rings (SSSR count). The molecule has 0 saturated carbocycles. The summed E-state index contributed by atoms with van der Waals surface area (Å²) in [5, 5.41) is 19.4. The van der Waals surface area contributed by atoms with Crippen LogP contribution in [0.2, 0.25) is 0 Å². The Balaban J connectivity index is 2.30. The largest absolute Gasteiger partial charge is 0.393 e. The van der Waals surface area contributed by atoms with Gasteiger partial charge in [-0.2, -0.15) is 0 Å². The molecule has 0 spiro atoms. The summed E-state index contributed by atoms with van der Waals surface area (Å²) in [5.74, 6) is -0.771. The van der Waals surface area contributed by atoms with Gasteiger partial charge < -0.3 is 19.7 Å². The van der Waals surface area contributed by atoms with Crippen LogP contribution in [-0.2, 0) is 9.47 Å². The Morgan fingerprint density at radius 2 is 2.14 bits per heavy atom. The summed E-state index contributed by atoms with van der Waals surface area (Å²) >= 11 is 5.89. The topological polar surface area (TPSA) is 58.9 Å². The van der Waals surface area contributed by atoms with E-state index in [0.29, 0.717) is 5.03 Å². The lowest BCUT2D eigenvalue weighted by Crippen LogP contribution is -2.45. The third-order valence-corrected chi connectivity index (χ3v) is 2.83. The van der Waals surface area contributed by atoms with Gasteiger partial charge in [-0.3, -0.25) is 0 Å². The number of hydrogen-bond acceptors (Lipinski definition) is 4. The molecule has 3 atom stereocenters. The third kappa shape index (κ3) is 1.38. The minimum atomic E-state index is -1.42. The van der Waals surface area contributed by atoms with E-state index in [0.717, 1.165) is 0 Å². The fourth-order valence-corrected chi connectivity index (χ4v) is 2.21. The standard InChI is InChI=1S/C9H13ClO4/c1-8(2)13-6-5(10)3-9(12,4-11)7(6)14-8/h3,6-7,11-12H,4H2,1-2H3/t6-,7-,9+/m0/s1. The zero-order chi connectivity index (χ0) is 10.6. The van der Waals surface area contributed by atoms with Crippen LogP contribution in [0, 0.1) is 0 Å². The highest BCUT2D eigenvalue weighted by molar-refractivity contribution is 6.30. The molecule has 0 unspecified atom stereocenters. The van der Waals surface area contributed by atoms with Gasteiger partial charge in [0.05, 0.1) is 6.61 Å². The van der Waals surface area contributed by atoms with Crippen molar-refractivity contribution in [2.45, 2.75) is 37.4 Å². The fourth-order valence-electron chi connectivity index (χ4n) is 1.87. The lowest BCUT2D eigenvalue weighted by Gasteiger charge is -2.26. The second-order valence-electron chi connectivity index (χ2n) is 4.16. The molecule has 4 nitrogen and oxygen atoms in total. The van der Waals surface area contributed by atoms with Crippen LogP contribution in [0.1, 0.15) is 13.8 Å². The fraction of sp³-hybridized carbons (Fsp3) is 0.778. The smallest absolute Gasteiger partial charge is 0.164 e. The first-order valence-electron chi connectivity index (χ1n) is 4.45. The highest BCUT2D eigenvalue weighted by Gasteiger charge is 2.56. The Hall–Kier alpha value is -0.130. The van der Waals surface area contributed by atoms with Crippen LogP contribution in [0.5, 0.6) is 0 Å². The van der Waals surface area contributed by atoms with Crippen molar-refractivity contribution in [2.75, 3.05) is 6.61 Å². The molecular formula is C9H13ClO4. The van der Waals surface area contributed by atoms with E-state index in [1.54, 1.807) is 13.8 Å². The highest BCUT2D eigenvalue weighted by Crippen LogP contribution is 2.44. The zero-order valence-corrected chi connectivity index (χ0v) is 8.78. The minimum absolute atomic E-state index is 0.386. The molecule has 0 amide bonds. The maximum absolute atomic E-state index is 9.96. The van der Waals surface area contributed by atoms with Crippen molar-refractivity contribution in [3.63, 3.8) is 0 Å². The molecular weight excluding hydrogens is 208 g/mol. The lowest BCUT2D eigenvalue weighted by atomic mass is 10.0. The summed E-state index contributed by atoms with van der Waals surface area (Å²) in [6, 6.07) is 0. The quantitative estimate of drug-likeness (QED) is 0.670. The number of ether oxygens (including phenoxy) is 2. The summed E-state index contributed by atoms with van der Waals surface area (Å²) in [5.41, 5.74) is -1.42. The average Bonchev–Trinajstić information content (AvgIpc) is 2.50. The Bertz CT molecular complexity index is 289. The zero-order valence-electron chi connectivity index (χ0n) is 8.03. The van der Waals surface area contributed by atoms with Crippen LogP contribution in [0.15, 0.2) is 11.1 Å². The van der Waals surface area contributed by atoms with E-state index < -0.39 is 30.2 Å². The molecule has 5 heteroatoms. The minimum Gasteiger partial charge on any atom is -0.393 e. The monoisotopic (exact) mass is 220 g/mol. The summed E-state index contributed by atoms with van der Waals surface area (Å²) < 4.78 is 11.0. The molecule has 14 heavy (non-hydrogen) atoms. The van der Waals surface area contributed by atoms with Crippen LogP contribution in [0.4, 0.5) is 0 Å². The van der Waals surface area contributed by atoms with Gasteiger partial charge in [0, 0.05) is 5.03 Å². The van der Waals surface area contributed by atoms with Gasteiger partial charge in [-0.15, -0.1) is 0 Å². The molecule has 2 aliphatic rings. The Labute approximate surface area is 87.1 Å². The third-order valence-electron chi connectivity index (χ3n) is 2.50. The summed E-state index contributed by atoms with van der Waals surface area (Å²) in [6.07, 6.45) is 0.304. The Kier molecular flexibility index (Phi) is 2.18. The first-order chi connectivity index (χ1) is 6.38. The van der Waals surface area contributed by atoms with Gasteiger partial charge in [-0.25, -0.2) is 0 Å². The number of fused-ring (bicyclic) bond motifs is 1. The second-order valence-corrected chi connectivity index (χ2v) is 4.59. The molecule has 0 bridgehead atoms. The maximum Gasteiger partial charge on any atom is 0.164 e. The van der Waals surface area contributed by atoms with Gasteiger partial charge in [0.15, 0.2) is 5.79 Å². The SMILES string of the molecule is CC1(C)O[C@H]2C(Cl)=C[C@@](O)(CO)[C@H]2O1. The summed E-state index contributed by atoms with van der Waals surface area (Å²) in [6.45, 7) is 3.06. The first-order valence-corrected chi connectivity index (χ1v) is 4.83. The number of aliphatic hydroxyl groups excluding tert-OH is 1. The number of halogens is 1. The molecule has 1 aliphatic carbocycles. The Morgan fingerprint density at radius 1 is 1.50 bits per heavy atom. The molecule has 0 aromatic carbocycles. The normalized spacial score (nSPS) is 45.1. The van der Waals surface area contributed by atoms with Crippen molar-refractivity contribution >= 4 is 11.6 Å². The highest BCUT2D eigenvalue weighted by atomic mass is 35.5. The van der Waals surface area contributed by atoms with Crippen molar-refractivity contribution in [3.8, 4) is 0 Å². The van der Waals surface area contributed by atoms with E-state index in [1.165, 1.54) is 6.08 Å². The average molecular weight is 221 g/mol. The van der Waals surface area contributed by atoms with Crippen molar-refractivity contribution in [1.29, 1.82) is 0 Å². The first kappa shape index (κ1) is 10.4. The molecule has 1 fully saturated rings. The van der Waals surface area contributed by atoms with E-state index in [-0.39, 0.29) is 0 Å². The van der Waals surface area contributed by atoms with Crippen molar-refractivity contribution < 1.29 is 19.7 Å². The second kappa shape index (κ2) is 2.93. The van der Waals surface area contributed by atoms with Crippen LogP contribution < -0.4 is 0 Å². The van der Waals surface area contributed by atoms with E-state index >= 15 is 0 Å². The van der Waals surface area contributed by atoms with E-state index in [2.05, 4.69) is 0 Å². The molecule has 0 radical (unpaired) electrons. The van der Waals surface area contributed by atoms with Gasteiger partial charge in [0.2, 0.25) is 0 Å². The van der Waals surface area contributed by atoms with Crippen molar-refractivity contribution in [3.05, 3.63) is 11.1 Å². The predicted octanol–water partition coefficient (Wildman–Crippen LogP) is 0.366. The predicted molar refractivity (Wildman–Crippen MR) is 49.8 cm³/mol. The van der Waals surface area contributed by atoms with Gasteiger partial charge in [0.1, 0.15) is 17.8 Å². The maximum atomic E-state index is 9.96. The van der Waals surface area contributed by atoms with Crippen LogP contribution >= 0.6 is 11.6 Å². The molecule has 0 aromatic heterocycles. The van der Waals surface area contributed by atoms with Crippen LogP contribution in [0.25, 0.3) is 0 Å². The van der Waals surface area contributed by atoms with Gasteiger partial charge in [-0.05, 0) is 19.9 Å². The van der Waals surface area contributed by atoms with Crippen molar-refractivity contribution in [1.82, 2.24) is 0 Å². The van der Waals surface area contributed by atoms with Crippen LogP contribution in [0.3, 0.4) is 0 Å². The molecule has 1 heterocycles. The number of rotatable bonds is 1. The molecule has 0 aromatic rings. The van der Waals surface area contributed by atoms with Crippen LogP contribution in [-0.4, -0.2) is 40.4 Å². The summed E-state index contributed by atoms with van der Waals surface area (Å²) in [4.78, 5) is 0. The van der Waals surface area contributed by atoms with Crippen molar-refractivity contribution in [2.24, 2.45) is 0 Å². The van der Waals surface area contributed by atoms with Gasteiger partial charge >= 0.3 is 0 Å². The molecule has 1 aliphatic heterocycles. The van der Waals surface area contributed by atoms with E-state index in [4.69, 9.17) is 26.2 Å². The molecule has 1 saturated heterocycles. The molecule has 2 N–H and O–H groups in total. The van der Waals surface area contributed by atoms with E-state index in [1.807, 2.05) is 0 Å². The van der Waals surface area contributed by atoms with E-state index in [9.17, 15) is 5.11 Å². The van der Waals surface area contributed by atoms with Gasteiger partial charge in [0.25, 0.3) is 0 Å².